The minimum Gasteiger partial charge on any atom is -0.357 e. The number of amides is 1. The van der Waals surface area contributed by atoms with Crippen LogP contribution < -0.4 is 10.6 Å². The van der Waals surface area contributed by atoms with Crippen LogP contribution in [0.4, 0.5) is 18.9 Å². The standard InChI is InChI=1S/C13H14F3N3O/c1-8(17)12(18-7-20)9(2)19-11-5-3-10(4-6-11)13(14,15)16/h3-7,17,19H,1-2H3,(H,18,20)/b12-9+,17-8?. The number of allylic oxidation sites excluding steroid dienone is 2. The van der Waals surface area contributed by atoms with E-state index in [0.717, 1.165) is 12.1 Å². The molecule has 0 heterocycles. The summed E-state index contributed by atoms with van der Waals surface area (Å²) in [5.41, 5.74) is 0.569. The molecule has 108 valence electrons. The zero-order valence-corrected chi connectivity index (χ0v) is 10.9. The van der Waals surface area contributed by atoms with E-state index in [1.54, 1.807) is 6.92 Å². The first-order valence-electron chi connectivity index (χ1n) is 5.66. The van der Waals surface area contributed by atoms with Gasteiger partial charge in [-0.3, -0.25) is 4.79 Å². The molecule has 0 saturated heterocycles. The number of benzene rings is 1. The third-order valence-electron chi connectivity index (χ3n) is 2.50. The predicted molar refractivity (Wildman–Crippen MR) is 70.4 cm³/mol. The number of hydrogen-bond acceptors (Lipinski definition) is 3. The summed E-state index contributed by atoms with van der Waals surface area (Å²) in [5.74, 6) is 0. The van der Waals surface area contributed by atoms with Crippen LogP contribution >= 0.6 is 0 Å². The molecule has 0 spiro atoms. The van der Waals surface area contributed by atoms with E-state index in [2.05, 4.69) is 10.6 Å². The monoisotopic (exact) mass is 285 g/mol. The first kappa shape index (κ1) is 15.7. The fourth-order valence-electron chi connectivity index (χ4n) is 1.58. The van der Waals surface area contributed by atoms with Crippen LogP contribution in [0.1, 0.15) is 19.4 Å². The highest BCUT2D eigenvalue weighted by atomic mass is 19.4. The molecule has 0 aliphatic carbocycles. The van der Waals surface area contributed by atoms with Gasteiger partial charge in [-0.2, -0.15) is 13.2 Å². The van der Waals surface area contributed by atoms with Gasteiger partial charge in [0.25, 0.3) is 0 Å². The fraction of sp³-hybridized carbons (Fsp3) is 0.231. The molecular weight excluding hydrogens is 271 g/mol. The van der Waals surface area contributed by atoms with E-state index in [-0.39, 0.29) is 11.4 Å². The minimum absolute atomic E-state index is 0.133. The predicted octanol–water partition coefficient (Wildman–Crippen LogP) is 3.13. The largest absolute Gasteiger partial charge is 0.416 e. The molecule has 0 unspecified atom stereocenters. The van der Waals surface area contributed by atoms with Crippen LogP contribution in [0.25, 0.3) is 0 Å². The number of alkyl halides is 3. The molecule has 0 aromatic heterocycles. The first-order valence-corrected chi connectivity index (χ1v) is 5.66. The van der Waals surface area contributed by atoms with Crippen LogP contribution in [0.15, 0.2) is 35.7 Å². The van der Waals surface area contributed by atoms with E-state index in [1.165, 1.54) is 19.1 Å². The van der Waals surface area contributed by atoms with E-state index in [0.29, 0.717) is 17.8 Å². The Bertz CT molecular complexity index is 533. The maximum atomic E-state index is 12.4. The van der Waals surface area contributed by atoms with Gasteiger partial charge in [-0.15, -0.1) is 0 Å². The highest BCUT2D eigenvalue weighted by Gasteiger charge is 2.29. The third kappa shape index (κ3) is 4.11. The lowest BCUT2D eigenvalue weighted by molar-refractivity contribution is -0.137. The number of anilines is 1. The molecule has 7 heteroatoms. The van der Waals surface area contributed by atoms with Crippen molar-refractivity contribution >= 4 is 17.8 Å². The second-order valence-electron chi connectivity index (χ2n) is 4.09. The van der Waals surface area contributed by atoms with Gasteiger partial charge >= 0.3 is 6.18 Å². The van der Waals surface area contributed by atoms with Crippen molar-refractivity contribution in [3.63, 3.8) is 0 Å². The average molecular weight is 285 g/mol. The van der Waals surface area contributed by atoms with Crippen molar-refractivity contribution in [2.24, 2.45) is 0 Å². The average Bonchev–Trinajstić information content (AvgIpc) is 2.34. The highest BCUT2D eigenvalue weighted by molar-refractivity contribution is 5.98. The normalized spacial score (nSPS) is 12.4. The summed E-state index contributed by atoms with van der Waals surface area (Å²) in [4.78, 5) is 10.4. The van der Waals surface area contributed by atoms with Crippen molar-refractivity contribution in [2.45, 2.75) is 20.0 Å². The SMILES string of the molecule is CC(=N)/C(NC=O)=C(/C)Nc1ccc(C(F)(F)F)cc1. The topological polar surface area (TPSA) is 65.0 Å². The Hall–Kier alpha value is -2.31. The highest BCUT2D eigenvalue weighted by Crippen LogP contribution is 2.30. The van der Waals surface area contributed by atoms with E-state index in [1.807, 2.05) is 0 Å². The van der Waals surface area contributed by atoms with E-state index >= 15 is 0 Å². The van der Waals surface area contributed by atoms with Gasteiger partial charge in [0, 0.05) is 11.4 Å². The Morgan fingerprint density at radius 1 is 1.20 bits per heavy atom. The number of hydrogen-bond donors (Lipinski definition) is 3. The minimum atomic E-state index is -4.38. The Morgan fingerprint density at radius 3 is 2.15 bits per heavy atom. The van der Waals surface area contributed by atoms with Crippen molar-refractivity contribution < 1.29 is 18.0 Å². The van der Waals surface area contributed by atoms with Crippen LogP contribution in [0.5, 0.6) is 0 Å². The first-order chi connectivity index (χ1) is 9.25. The molecular formula is C13H14F3N3O. The summed E-state index contributed by atoms with van der Waals surface area (Å²) in [6.45, 7) is 3.10. The summed E-state index contributed by atoms with van der Waals surface area (Å²) < 4.78 is 37.2. The molecule has 0 fully saturated rings. The van der Waals surface area contributed by atoms with Crippen LogP contribution in [-0.2, 0) is 11.0 Å². The molecule has 1 rings (SSSR count). The van der Waals surface area contributed by atoms with Gasteiger partial charge in [0.2, 0.25) is 6.41 Å². The number of halogens is 3. The summed E-state index contributed by atoms with van der Waals surface area (Å²) in [7, 11) is 0. The Morgan fingerprint density at radius 2 is 1.75 bits per heavy atom. The molecule has 0 aliphatic heterocycles. The van der Waals surface area contributed by atoms with Crippen LogP contribution in [0, 0.1) is 5.41 Å². The van der Waals surface area contributed by atoms with Crippen molar-refractivity contribution in [3.05, 3.63) is 41.2 Å². The summed E-state index contributed by atoms with van der Waals surface area (Å²) in [6, 6.07) is 4.48. The summed E-state index contributed by atoms with van der Waals surface area (Å²) in [5, 5.41) is 12.7. The molecule has 0 atom stereocenters. The second-order valence-corrected chi connectivity index (χ2v) is 4.09. The van der Waals surface area contributed by atoms with Crippen LogP contribution in [0.2, 0.25) is 0 Å². The van der Waals surface area contributed by atoms with Crippen LogP contribution in [-0.4, -0.2) is 12.1 Å². The van der Waals surface area contributed by atoms with Gasteiger partial charge in [0.1, 0.15) is 0 Å². The Kier molecular flexibility index (Phi) is 4.90. The zero-order chi connectivity index (χ0) is 15.3. The molecule has 0 aliphatic rings. The molecule has 0 radical (unpaired) electrons. The third-order valence-corrected chi connectivity index (χ3v) is 2.50. The Balaban J connectivity index is 2.95. The maximum absolute atomic E-state index is 12.4. The van der Waals surface area contributed by atoms with Crippen molar-refractivity contribution in [3.8, 4) is 0 Å². The van der Waals surface area contributed by atoms with E-state index in [4.69, 9.17) is 5.41 Å². The smallest absolute Gasteiger partial charge is 0.357 e. The fourth-order valence-corrected chi connectivity index (χ4v) is 1.58. The lowest BCUT2D eigenvalue weighted by Gasteiger charge is -2.13. The lowest BCUT2D eigenvalue weighted by atomic mass is 10.2. The van der Waals surface area contributed by atoms with Crippen molar-refractivity contribution in [1.29, 1.82) is 5.41 Å². The van der Waals surface area contributed by atoms with Gasteiger partial charge < -0.3 is 16.0 Å². The molecule has 1 aromatic carbocycles. The molecule has 20 heavy (non-hydrogen) atoms. The molecule has 4 nitrogen and oxygen atoms in total. The molecule has 0 bridgehead atoms. The van der Waals surface area contributed by atoms with Crippen LogP contribution in [0.3, 0.4) is 0 Å². The van der Waals surface area contributed by atoms with Gasteiger partial charge in [0.05, 0.1) is 17.0 Å². The van der Waals surface area contributed by atoms with Gasteiger partial charge in [-0.25, -0.2) is 0 Å². The van der Waals surface area contributed by atoms with E-state index < -0.39 is 11.7 Å². The van der Waals surface area contributed by atoms with Gasteiger partial charge in [-0.1, -0.05) is 0 Å². The summed E-state index contributed by atoms with van der Waals surface area (Å²) in [6.07, 6.45) is -3.94. The number of carbonyl (C=O) groups is 1. The summed E-state index contributed by atoms with van der Waals surface area (Å²) >= 11 is 0. The number of carbonyl (C=O) groups excluding carboxylic acids is 1. The number of nitrogens with one attached hydrogen (secondary N) is 3. The van der Waals surface area contributed by atoms with E-state index in [9.17, 15) is 18.0 Å². The van der Waals surface area contributed by atoms with Gasteiger partial charge in [-0.05, 0) is 38.1 Å². The van der Waals surface area contributed by atoms with Crippen molar-refractivity contribution in [2.75, 3.05) is 5.32 Å². The Labute approximate surface area is 114 Å². The molecule has 0 saturated carbocycles. The molecule has 1 amide bonds. The maximum Gasteiger partial charge on any atom is 0.416 e. The lowest BCUT2D eigenvalue weighted by Crippen LogP contribution is -2.20. The molecule has 1 aromatic rings. The number of rotatable bonds is 5. The second kappa shape index (κ2) is 6.23. The van der Waals surface area contributed by atoms with Crippen molar-refractivity contribution in [1.82, 2.24) is 5.32 Å². The van der Waals surface area contributed by atoms with Gasteiger partial charge in [0.15, 0.2) is 0 Å². The quantitative estimate of drug-likeness (QED) is 0.575. The zero-order valence-electron chi connectivity index (χ0n) is 10.9. The molecule has 3 N–H and O–H groups in total.